The molecule has 0 atom stereocenters. The van der Waals surface area contributed by atoms with Gasteiger partial charge in [0.15, 0.2) is 11.7 Å². The van der Waals surface area contributed by atoms with Gasteiger partial charge in [-0.1, -0.05) is 29.8 Å². The third kappa shape index (κ3) is 6.61. The lowest BCUT2D eigenvalue weighted by Crippen LogP contribution is -2.49. The molecule has 0 spiro atoms. The van der Waals surface area contributed by atoms with Crippen LogP contribution in [0.2, 0.25) is 0 Å². The van der Waals surface area contributed by atoms with Crippen LogP contribution in [-0.4, -0.2) is 54.7 Å². The van der Waals surface area contributed by atoms with E-state index in [9.17, 15) is 4.79 Å². The fraction of sp³-hybridized carbons (Fsp3) is 0.476. The molecule has 0 bridgehead atoms. The SMILES string of the molecule is CCNC(=NCc1ncc(-c2ccc(C)cc2)o1)NC1CCN(C(=O)OC)CC1.I. The maximum atomic E-state index is 11.6. The number of aromatic nitrogens is 1. The number of likely N-dealkylation sites (tertiary alicyclic amines) is 1. The minimum Gasteiger partial charge on any atom is -0.453 e. The van der Waals surface area contributed by atoms with Gasteiger partial charge in [0.1, 0.15) is 6.54 Å². The molecule has 0 saturated carbocycles. The number of hydrogen-bond acceptors (Lipinski definition) is 5. The molecule has 164 valence electrons. The van der Waals surface area contributed by atoms with Gasteiger partial charge in [-0.2, -0.15) is 0 Å². The van der Waals surface area contributed by atoms with Crippen molar-refractivity contribution in [3.63, 3.8) is 0 Å². The number of carbonyl (C=O) groups excluding carboxylic acids is 1. The summed E-state index contributed by atoms with van der Waals surface area (Å²) in [6.45, 7) is 6.53. The molecule has 1 aromatic carbocycles. The molecule has 1 amide bonds. The van der Waals surface area contributed by atoms with E-state index in [0.29, 0.717) is 25.5 Å². The zero-order valence-corrected chi connectivity index (χ0v) is 20.0. The summed E-state index contributed by atoms with van der Waals surface area (Å²) in [4.78, 5) is 22.3. The van der Waals surface area contributed by atoms with E-state index < -0.39 is 0 Å². The van der Waals surface area contributed by atoms with Gasteiger partial charge in [0.25, 0.3) is 0 Å². The highest BCUT2D eigenvalue weighted by Gasteiger charge is 2.23. The van der Waals surface area contributed by atoms with Crippen molar-refractivity contribution in [2.45, 2.75) is 39.3 Å². The molecule has 2 N–H and O–H groups in total. The second-order valence-corrected chi connectivity index (χ2v) is 7.06. The Hall–Kier alpha value is -2.30. The smallest absolute Gasteiger partial charge is 0.409 e. The number of ether oxygens (including phenoxy) is 1. The molecular formula is C21H30IN5O3. The van der Waals surface area contributed by atoms with Gasteiger partial charge in [-0.15, -0.1) is 24.0 Å². The number of benzene rings is 1. The molecule has 1 aliphatic rings. The lowest BCUT2D eigenvalue weighted by atomic mass is 10.1. The minimum absolute atomic E-state index is 0. The molecule has 2 heterocycles. The predicted molar refractivity (Wildman–Crippen MR) is 127 cm³/mol. The third-order valence-corrected chi connectivity index (χ3v) is 4.87. The highest BCUT2D eigenvalue weighted by molar-refractivity contribution is 14.0. The van der Waals surface area contributed by atoms with Gasteiger partial charge in [0.2, 0.25) is 5.89 Å². The topological polar surface area (TPSA) is 92.0 Å². The van der Waals surface area contributed by atoms with E-state index in [1.165, 1.54) is 12.7 Å². The van der Waals surface area contributed by atoms with Crippen LogP contribution in [0.15, 0.2) is 39.9 Å². The van der Waals surface area contributed by atoms with Gasteiger partial charge in [-0.25, -0.2) is 14.8 Å². The Labute approximate surface area is 194 Å². The van der Waals surface area contributed by atoms with Crippen LogP contribution in [0.1, 0.15) is 31.2 Å². The average Bonchev–Trinajstić information content (AvgIpc) is 3.22. The Morgan fingerprint density at radius 2 is 2.00 bits per heavy atom. The van der Waals surface area contributed by atoms with Crippen LogP contribution in [0.3, 0.4) is 0 Å². The summed E-state index contributed by atoms with van der Waals surface area (Å²) in [5.74, 6) is 2.03. The fourth-order valence-corrected chi connectivity index (χ4v) is 3.23. The molecule has 0 radical (unpaired) electrons. The van der Waals surface area contributed by atoms with Crippen molar-refractivity contribution in [1.82, 2.24) is 20.5 Å². The molecule has 30 heavy (non-hydrogen) atoms. The molecule has 1 fully saturated rings. The number of aryl methyl sites for hydroxylation is 1. The molecular weight excluding hydrogens is 497 g/mol. The van der Waals surface area contributed by atoms with E-state index in [2.05, 4.69) is 27.5 Å². The molecule has 1 aliphatic heterocycles. The van der Waals surface area contributed by atoms with Crippen molar-refractivity contribution in [2.24, 2.45) is 4.99 Å². The molecule has 3 rings (SSSR count). The van der Waals surface area contributed by atoms with Crippen LogP contribution in [0, 0.1) is 6.92 Å². The van der Waals surface area contributed by atoms with Crippen molar-refractivity contribution >= 4 is 36.0 Å². The molecule has 1 saturated heterocycles. The van der Waals surface area contributed by atoms with Gasteiger partial charge < -0.3 is 24.7 Å². The van der Waals surface area contributed by atoms with Crippen molar-refractivity contribution in [1.29, 1.82) is 0 Å². The lowest BCUT2D eigenvalue weighted by Gasteiger charge is -2.32. The minimum atomic E-state index is -0.266. The Balaban J connectivity index is 0.00000320. The van der Waals surface area contributed by atoms with Crippen LogP contribution in [0.4, 0.5) is 4.79 Å². The first-order chi connectivity index (χ1) is 14.1. The van der Waals surface area contributed by atoms with Crippen LogP contribution in [-0.2, 0) is 11.3 Å². The van der Waals surface area contributed by atoms with Crippen molar-refractivity contribution in [3.8, 4) is 11.3 Å². The normalized spacial score (nSPS) is 14.8. The quantitative estimate of drug-likeness (QED) is 0.351. The molecule has 1 aromatic heterocycles. The second-order valence-electron chi connectivity index (χ2n) is 7.06. The zero-order chi connectivity index (χ0) is 20.6. The highest BCUT2D eigenvalue weighted by atomic mass is 127. The van der Waals surface area contributed by atoms with E-state index in [1.807, 2.05) is 31.2 Å². The standard InChI is InChI=1S/C21H29N5O3.HI/c1-4-22-20(25-17-9-11-26(12-10-17)21(27)28-3)24-14-19-23-13-18(29-19)16-7-5-15(2)6-8-16;/h5-8,13,17H,4,9-12,14H2,1-3H3,(H2,22,24,25);1H. The van der Waals surface area contributed by atoms with Crippen LogP contribution >= 0.6 is 24.0 Å². The van der Waals surface area contributed by atoms with E-state index in [4.69, 9.17) is 9.15 Å². The van der Waals surface area contributed by atoms with Crippen molar-refractivity contribution in [2.75, 3.05) is 26.7 Å². The van der Waals surface area contributed by atoms with Gasteiger partial charge >= 0.3 is 6.09 Å². The van der Waals surface area contributed by atoms with Crippen molar-refractivity contribution < 1.29 is 13.9 Å². The Kier molecular flexibility index (Phi) is 9.41. The number of halogens is 1. The summed E-state index contributed by atoms with van der Waals surface area (Å²) in [6, 6.07) is 8.40. The molecule has 0 unspecified atom stereocenters. The number of carbonyl (C=O) groups is 1. The maximum Gasteiger partial charge on any atom is 0.409 e. The average molecular weight is 527 g/mol. The second kappa shape index (κ2) is 11.8. The Morgan fingerprint density at radius 3 is 2.63 bits per heavy atom. The summed E-state index contributed by atoms with van der Waals surface area (Å²) >= 11 is 0. The van der Waals surface area contributed by atoms with E-state index in [-0.39, 0.29) is 36.1 Å². The van der Waals surface area contributed by atoms with E-state index in [1.54, 1.807) is 11.1 Å². The highest BCUT2D eigenvalue weighted by Crippen LogP contribution is 2.21. The molecule has 0 aliphatic carbocycles. The fourth-order valence-electron chi connectivity index (χ4n) is 3.23. The molecule has 8 nitrogen and oxygen atoms in total. The summed E-state index contributed by atoms with van der Waals surface area (Å²) < 4.78 is 10.6. The molecule has 2 aromatic rings. The van der Waals surface area contributed by atoms with E-state index >= 15 is 0 Å². The van der Waals surface area contributed by atoms with Crippen LogP contribution in [0.5, 0.6) is 0 Å². The number of nitrogens with zero attached hydrogens (tertiary/aromatic N) is 3. The lowest BCUT2D eigenvalue weighted by molar-refractivity contribution is 0.111. The number of oxazole rings is 1. The maximum absolute atomic E-state index is 11.6. The Bertz CT molecular complexity index is 829. The summed E-state index contributed by atoms with van der Waals surface area (Å²) in [6.07, 6.45) is 3.15. The van der Waals surface area contributed by atoms with Crippen LogP contribution < -0.4 is 10.6 Å². The molecule has 9 heteroatoms. The first-order valence-electron chi connectivity index (χ1n) is 9.98. The zero-order valence-electron chi connectivity index (χ0n) is 17.7. The van der Waals surface area contributed by atoms with E-state index in [0.717, 1.165) is 36.7 Å². The first kappa shape index (κ1) is 24.0. The number of rotatable bonds is 5. The Morgan fingerprint density at radius 1 is 1.30 bits per heavy atom. The third-order valence-electron chi connectivity index (χ3n) is 4.87. The number of aliphatic imine (C=N–C) groups is 1. The number of methoxy groups -OCH3 is 1. The summed E-state index contributed by atoms with van der Waals surface area (Å²) in [5, 5.41) is 6.69. The largest absolute Gasteiger partial charge is 0.453 e. The van der Waals surface area contributed by atoms with Gasteiger partial charge in [0, 0.05) is 31.2 Å². The van der Waals surface area contributed by atoms with Gasteiger partial charge in [0.05, 0.1) is 13.3 Å². The van der Waals surface area contributed by atoms with Gasteiger partial charge in [-0.05, 0) is 26.7 Å². The number of hydrogen-bond donors (Lipinski definition) is 2. The van der Waals surface area contributed by atoms with Crippen molar-refractivity contribution in [3.05, 3.63) is 41.9 Å². The van der Waals surface area contributed by atoms with Gasteiger partial charge in [-0.3, -0.25) is 0 Å². The van der Waals surface area contributed by atoms with Crippen LogP contribution in [0.25, 0.3) is 11.3 Å². The summed E-state index contributed by atoms with van der Waals surface area (Å²) in [7, 11) is 1.41. The number of guanidine groups is 1. The summed E-state index contributed by atoms with van der Waals surface area (Å²) in [5.41, 5.74) is 2.21. The predicted octanol–water partition coefficient (Wildman–Crippen LogP) is 3.55. The monoisotopic (exact) mass is 527 g/mol. The number of amides is 1. The first-order valence-corrected chi connectivity index (χ1v) is 9.98. The number of piperidine rings is 1. The number of nitrogens with one attached hydrogen (secondary N) is 2.